The zero-order valence-corrected chi connectivity index (χ0v) is 12.7. The molecule has 0 saturated carbocycles. The van der Waals surface area contributed by atoms with Gasteiger partial charge in [0.2, 0.25) is 0 Å². The van der Waals surface area contributed by atoms with Crippen LogP contribution < -0.4 is 4.74 Å². The quantitative estimate of drug-likeness (QED) is 0.906. The number of methoxy groups -OCH3 is 1. The molecule has 0 aromatic heterocycles. The highest BCUT2D eigenvalue weighted by atomic mass is 35.5. The van der Waals surface area contributed by atoms with Crippen LogP contribution in [-0.2, 0) is 11.2 Å². The van der Waals surface area contributed by atoms with Crippen LogP contribution in [0, 0.1) is 6.92 Å². The Bertz CT molecular complexity index is 652. The van der Waals surface area contributed by atoms with E-state index >= 15 is 0 Å². The Morgan fingerprint density at radius 1 is 1.29 bits per heavy atom. The summed E-state index contributed by atoms with van der Waals surface area (Å²) in [5.74, 6) is -0.831. The van der Waals surface area contributed by atoms with Crippen molar-refractivity contribution in [2.75, 3.05) is 7.11 Å². The van der Waals surface area contributed by atoms with Gasteiger partial charge in [0.25, 0.3) is 0 Å². The summed E-state index contributed by atoms with van der Waals surface area (Å²) in [5.41, 5.74) is 2.50. The molecule has 4 heteroatoms. The molecule has 2 aromatic rings. The lowest BCUT2D eigenvalue weighted by atomic mass is 9.91. The van der Waals surface area contributed by atoms with Gasteiger partial charge in [-0.3, -0.25) is 4.79 Å². The molecule has 0 aliphatic carbocycles. The molecule has 0 amide bonds. The largest absolute Gasteiger partial charge is 0.496 e. The Morgan fingerprint density at radius 3 is 2.62 bits per heavy atom. The topological polar surface area (TPSA) is 46.5 Å². The van der Waals surface area contributed by atoms with E-state index in [1.54, 1.807) is 13.2 Å². The highest BCUT2D eigenvalue weighted by molar-refractivity contribution is 6.31. The monoisotopic (exact) mass is 304 g/mol. The van der Waals surface area contributed by atoms with E-state index in [2.05, 4.69) is 0 Å². The van der Waals surface area contributed by atoms with Gasteiger partial charge in [-0.25, -0.2) is 0 Å². The molecule has 0 spiro atoms. The highest BCUT2D eigenvalue weighted by Crippen LogP contribution is 2.29. The Kier molecular flexibility index (Phi) is 4.86. The average Bonchev–Trinajstić information content (AvgIpc) is 2.48. The summed E-state index contributed by atoms with van der Waals surface area (Å²) in [6.07, 6.45) is 0.360. The molecule has 2 aromatic carbocycles. The maximum atomic E-state index is 11.6. The minimum atomic E-state index is -0.874. The van der Waals surface area contributed by atoms with Crippen molar-refractivity contribution in [3.05, 3.63) is 64.2 Å². The van der Waals surface area contributed by atoms with Gasteiger partial charge < -0.3 is 9.84 Å². The molecule has 1 N–H and O–H groups in total. The number of aliphatic carboxylic acids is 1. The number of para-hydroxylation sites is 1. The summed E-state index contributed by atoms with van der Waals surface area (Å²) in [4.78, 5) is 11.6. The predicted molar refractivity (Wildman–Crippen MR) is 83.3 cm³/mol. The third kappa shape index (κ3) is 3.56. The van der Waals surface area contributed by atoms with Crippen molar-refractivity contribution in [3.63, 3.8) is 0 Å². The van der Waals surface area contributed by atoms with E-state index in [4.69, 9.17) is 16.3 Å². The summed E-state index contributed by atoms with van der Waals surface area (Å²) in [6, 6.07) is 12.8. The van der Waals surface area contributed by atoms with Crippen molar-refractivity contribution >= 4 is 17.6 Å². The van der Waals surface area contributed by atoms with Crippen LogP contribution >= 0.6 is 11.6 Å². The number of carbonyl (C=O) groups is 1. The van der Waals surface area contributed by atoms with Crippen LogP contribution in [-0.4, -0.2) is 18.2 Å². The van der Waals surface area contributed by atoms with E-state index in [0.717, 1.165) is 11.1 Å². The van der Waals surface area contributed by atoms with Crippen LogP contribution in [0.25, 0.3) is 0 Å². The summed E-state index contributed by atoms with van der Waals surface area (Å²) in [5, 5.41) is 10.1. The Labute approximate surface area is 129 Å². The number of carboxylic acids is 1. The molecule has 1 unspecified atom stereocenters. The molecular weight excluding hydrogens is 288 g/mol. The van der Waals surface area contributed by atoms with Crippen LogP contribution in [0.1, 0.15) is 22.6 Å². The fourth-order valence-electron chi connectivity index (χ4n) is 2.27. The SMILES string of the molecule is COc1ccccc1CC(C(=O)O)c1ccc(C)c(Cl)c1. The van der Waals surface area contributed by atoms with Crippen molar-refractivity contribution in [2.45, 2.75) is 19.3 Å². The second-order valence-corrected chi connectivity index (χ2v) is 5.32. The van der Waals surface area contributed by atoms with Crippen LogP contribution in [0.5, 0.6) is 5.75 Å². The van der Waals surface area contributed by atoms with Crippen molar-refractivity contribution in [3.8, 4) is 5.75 Å². The first kappa shape index (κ1) is 15.4. The molecule has 0 saturated heterocycles. The predicted octanol–water partition coefficient (Wildman–Crippen LogP) is 4.07. The summed E-state index contributed by atoms with van der Waals surface area (Å²) in [6.45, 7) is 1.89. The van der Waals surface area contributed by atoms with Gasteiger partial charge in [0.1, 0.15) is 5.75 Å². The fourth-order valence-corrected chi connectivity index (χ4v) is 2.45. The standard InChI is InChI=1S/C17H17ClO3/c1-11-7-8-12(10-15(11)18)14(17(19)20)9-13-5-3-4-6-16(13)21-2/h3-8,10,14H,9H2,1-2H3,(H,19,20). The average molecular weight is 305 g/mol. The Hall–Kier alpha value is -2.00. The summed E-state index contributed by atoms with van der Waals surface area (Å²) >= 11 is 6.11. The zero-order valence-electron chi connectivity index (χ0n) is 12.0. The van der Waals surface area contributed by atoms with E-state index in [9.17, 15) is 9.90 Å². The Balaban J connectivity index is 2.35. The van der Waals surface area contributed by atoms with Crippen LogP contribution in [0.2, 0.25) is 5.02 Å². The van der Waals surface area contributed by atoms with E-state index in [1.807, 2.05) is 43.3 Å². The number of ether oxygens (including phenoxy) is 1. The van der Waals surface area contributed by atoms with Gasteiger partial charge in [0.15, 0.2) is 0 Å². The first-order chi connectivity index (χ1) is 10.0. The number of halogens is 1. The normalized spacial score (nSPS) is 12.0. The maximum Gasteiger partial charge on any atom is 0.311 e. The molecule has 2 rings (SSSR count). The zero-order chi connectivity index (χ0) is 15.4. The van der Waals surface area contributed by atoms with Gasteiger partial charge in [0, 0.05) is 5.02 Å². The number of hydrogen-bond donors (Lipinski definition) is 1. The van der Waals surface area contributed by atoms with Crippen LogP contribution in [0.15, 0.2) is 42.5 Å². The lowest BCUT2D eigenvalue weighted by Crippen LogP contribution is -2.15. The lowest BCUT2D eigenvalue weighted by molar-refractivity contribution is -0.138. The molecule has 3 nitrogen and oxygen atoms in total. The summed E-state index contributed by atoms with van der Waals surface area (Å²) < 4.78 is 5.29. The van der Waals surface area contributed by atoms with Crippen molar-refractivity contribution in [1.82, 2.24) is 0 Å². The first-order valence-electron chi connectivity index (χ1n) is 6.63. The highest BCUT2D eigenvalue weighted by Gasteiger charge is 2.22. The van der Waals surface area contributed by atoms with Gasteiger partial charge >= 0.3 is 5.97 Å². The molecule has 110 valence electrons. The molecule has 0 aliphatic heterocycles. The summed E-state index contributed by atoms with van der Waals surface area (Å²) in [7, 11) is 1.58. The van der Waals surface area contributed by atoms with Gasteiger partial charge in [-0.1, -0.05) is 41.9 Å². The minimum absolute atomic E-state index is 0.360. The molecular formula is C17H17ClO3. The van der Waals surface area contributed by atoms with Gasteiger partial charge in [-0.2, -0.15) is 0 Å². The van der Waals surface area contributed by atoms with Crippen LogP contribution in [0.4, 0.5) is 0 Å². The van der Waals surface area contributed by atoms with Gasteiger partial charge in [0.05, 0.1) is 13.0 Å². The number of rotatable bonds is 5. The van der Waals surface area contributed by atoms with Gasteiger partial charge in [-0.15, -0.1) is 0 Å². The number of aryl methyl sites for hydroxylation is 1. The van der Waals surface area contributed by atoms with Crippen molar-refractivity contribution < 1.29 is 14.6 Å². The van der Waals surface area contributed by atoms with Gasteiger partial charge in [-0.05, 0) is 42.2 Å². The number of benzene rings is 2. The third-order valence-corrected chi connectivity index (χ3v) is 3.92. The molecule has 1 atom stereocenters. The number of hydrogen-bond acceptors (Lipinski definition) is 2. The lowest BCUT2D eigenvalue weighted by Gasteiger charge is -2.16. The van der Waals surface area contributed by atoms with E-state index in [0.29, 0.717) is 22.8 Å². The third-order valence-electron chi connectivity index (χ3n) is 3.51. The second-order valence-electron chi connectivity index (χ2n) is 4.92. The molecule has 0 fully saturated rings. The Morgan fingerprint density at radius 2 is 2.00 bits per heavy atom. The molecule has 0 bridgehead atoms. The van der Waals surface area contributed by atoms with E-state index < -0.39 is 11.9 Å². The molecule has 0 heterocycles. The number of carboxylic acid groups (broad SMARTS) is 1. The van der Waals surface area contributed by atoms with Crippen LogP contribution in [0.3, 0.4) is 0 Å². The molecule has 0 aliphatic rings. The van der Waals surface area contributed by atoms with Crippen molar-refractivity contribution in [2.24, 2.45) is 0 Å². The molecule has 21 heavy (non-hydrogen) atoms. The van der Waals surface area contributed by atoms with E-state index in [1.165, 1.54) is 0 Å². The fraction of sp³-hybridized carbons (Fsp3) is 0.235. The maximum absolute atomic E-state index is 11.6. The second kappa shape index (κ2) is 6.64. The van der Waals surface area contributed by atoms with Crippen molar-refractivity contribution in [1.29, 1.82) is 0 Å². The molecule has 0 radical (unpaired) electrons. The first-order valence-corrected chi connectivity index (χ1v) is 7.01. The smallest absolute Gasteiger partial charge is 0.311 e. The minimum Gasteiger partial charge on any atom is -0.496 e. The van der Waals surface area contributed by atoms with E-state index in [-0.39, 0.29) is 0 Å².